The van der Waals surface area contributed by atoms with E-state index >= 15 is 0 Å². The molecular formula is C15H23NO2. The SMILES string of the molecule is CCC(CC)NCc1ccc(C(C)C(=O)O)cc1. The van der Waals surface area contributed by atoms with Crippen LogP contribution in [-0.4, -0.2) is 17.1 Å². The Hall–Kier alpha value is -1.35. The van der Waals surface area contributed by atoms with Gasteiger partial charge in [-0.2, -0.15) is 0 Å². The molecule has 0 amide bonds. The molecule has 0 aliphatic carbocycles. The van der Waals surface area contributed by atoms with E-state index in [4.69, 9.17) is 5.11 Å². The maximum Gasteiger partial charge on any atom is 0.310 e. The number of hydrogen-bond donors (Lipinski definition) is 2. The van der Waals surface area contributed by atoms with E-state index in [2.05, 4.69) is 19.2 Å². The standard InChI is InChI=1S/C15H23NO2/c1-4-14(5-2)16-10-12-6-8-13(9-7-12)11(3)15(17)18/h6-9,11,14,16H,4-5,10H2,1-3H3,(H,17,18). The molecule has 3 heteroatoms. The van der Waals surface area contributed by atoms with Gasteiger partial charge in [0.25, 0.3) is 0 Å². The first kappa shape index (κ1) is 14.7. The van der Waals surface area contributed by atoms with Crippen molar-refractivity contribution < 1.29 is 9.90 Å². The van der Waals surface area contributed by atoms with Gasteiger partial charge in [-0.1, -0.05) is 38.1 Å². The maximum absolute atomic E-state index is 10.9. The zero-order valence-electron chi connectivity index (χ0n) is 11.4. The van der Waals surface area contributed by atoms with Crippen molar-refractivity contribution in [2.75, 3.05) is 0 Å². The lowest BCUT2D eigenvalue weighted by molar-refractivity contribution is -0.138. The van der Waals surface area contributed by atoms with Crippen LogP contribution in [0.1, 0.15) is 50.7 Å². The third-order valence-corrected chi connectivity index (χ3v) is 3.43. The predicted octanol–water partition coefficient (Wildman–Crippen LogP) is 3.15. The van der Waals surface area contributed by atoms with Crippen LogP contribution in [-0.2, 0) is 11.3 Å². The largest absolute Gasteiger partial charge is 0.481 e. The summed E-state index contributed by atoms with van der Waals surface area (Å²) in [5, 5.41) is 12.4. The summed E-state index contributed by atoms with van der Waals surface area (Å²) in [5.74, 6) is -1.22. The van der Waals surface area contributed by atoms with E-state index < -0.39 is 11.9 Å². The normalized spacial score (nSPS) is 12.7. The molecule has 0 radical (unpaired) electrons. The number of aliphatic carboxylic acids is 1. The lowest BCUT2D eigenvalue weighted by Gasteiger charge is -2.15. The Kier molecular flexibility index (Phi) is 5.86. The first-order valence-corrected chi connectivity index (χ1v) is 6.63. The van der Waals surface area contributed by atoms with Gasteiger partial charge in [-0.05, 0) is 30.9 Å². The van der Waals surface area contributed by atoms with Crippen molar-refractivity contribution in [3.05, 3.63) is 35.4 Å². The Balaban J connectivity index is 2.58. The highest BCUT2D eigenvalue weighted by atomic mass is 16.4. The quantitative estimate of drug-likeness (QED) is 0.780. The van der Waals surface area contributed by atoms with Gasteiger partial charge in [-0.15, -0.1) is 0 Å². The minimum atomic E-state index is -0.780. The number of rotatable bonds is 7. The van der Waals surface area contributed by atoms with E-state index in [9.17, 15) is 4.79 Å². The van der Waals surface area contributed by atoms with Crippen LogP contribution < -0.4 is 5.32 Å². The monoisotopic (exact) mass is 249 g/mol. The van der Waals surface area contributed by atoms with Crippen molar-refractivity contribution >= 4 is 5.97 Å². The molecule has 1 atom stereocenters. The zero-order chi connectivity index (χ0) is 13.5. The second-order valence-corrected chi connectivity index (χ2v) is 4.70. The van der Waals surface area contributed by atoms with Gasteiger partial charge < -0.3 is 10.4 Å². The molecule has 0 saturated heterocycles. The summed E-state index contributed by atoms with van der Waals surface area (Å²) in [5.41, 5.74) is 2.05. The maximum atomic E-state index is 10.9. The van der Waals surface area contributed by atoms with Crippen LogP contribution in [0.2, 0.25) is 0 Å². The predicted molar refractivity (Wildman–Crippen MR) is 73.7 cm³/mol. The molecule has 1 unspecified atom stereocenters. The van der Waals surface area contributed by atoms with E-state index in [1.54, 1.807) is 6.92 Å². The summed E-state index contributed by atoms with van der Waals surface area (Å²) in [6.45, 7) is 6.91. The molecule has 0 heterocycles. The van der Waals surface area contributed by atoms with E-state index in [-0.39, 0.29) is 0 Å². The molecule has 3 nitrogen and oxygen atoms in total. The highest BCUT2D eigenvalue weighted by molar-refractivity contribution is 5.75. The van der Waals surface area contributed by atoms with Crippen LogP contribution in [0.15, 0.2) is 24.3 Å². The highest BCUT2D eigenvalue weighted by Crippen LogP contribution is 2.16. The van der Waals surface area contributed by atoms with Crippen LogP contribution in [0.5, 0.6) is 0 Å². The smallest absolute Gasteiger partial charge is 0.310 e. The topological polar surface area (TPSA) is 49.3 Å². The van der Waals surface area contributed by atoms with Gasteiger partial charge in [0.2, 0.25) is 0 Å². The summed E-state index contributed by atoms with van der Waals surface area (Å²) < 4.78 is 0. The Bertz CT molecular complexity index is 369. The first-order chi connectivity index (χ1) is 8.58. The third kappa shape index (κ3) is 4.15. The van der Waals surface area contributed by atoms with Crippen molar-refractivity contribution in [3.63, 3.8) is 0 Å². The van der Waals surface area contributed by atoms with Crippen LogP contribution in [0.4, 0.5) is 0 Å². The molecule has 0 fully saturated rings. The van der Waals surface area contributed by atoms with E-state index in [1.165, 1.54) is 5.56 Å². The van der Waals surface area contributed by atoms with Crippen LogP contribution in [0.3, 0.4) is 0 Å². The van der Waals surface area contributed by atoms with Crippen molar-refractivity contribution in [3.8, 4) is 0 Å². The number of carboxylic acid groups (broad SMARTS) is 1. The second kappa shape index (κ2) is 7.17. The molecule has 1 rings (SSSR count). The minimum absolute atomic E-state index is 0.439. The molecule has 0 aromatic heterocycles. The average molecular weight is 249 g/mol. The van der Waals surface area contributed by atoms with Gasteiger partial charge in [0.15, 0.2) is 0 Å². The number of hydrogen-bond acceptors (Lipinski definition) is 2. The molecule has 1 aromatic rings. The molecule has 0 aliphatic rings. The van der Waals surface area contributed by atoms with Crippen molar-refractivity contribution in [1.82, 2.24) is 5.32 Å². The molecule has 2 N–H and O–H groups in total. The van der Waals surface area contributed by atoms with Crippen molar-refractivity contribution in [1.29, 1.82) is 0 Å². The van der Waals surface area contributed by atoms with E-state index in [0.717, 1.165) is 24.9 Å². The number of benzene rings is 1. The molecule has 0 spiro atoms. The fourth-order valence-corrected chi connectivity index (χ4v) is 1.91. The van der Waals surface area contributed by atoms with Gasteiger partial charge in [0.05, 0.1) is 5.92 Å². The lowest BCUT2D eigenvalue weighted by atomic mass is 10.00. The minimum Gasteiger partial charge on any atom is -0.481 e. The van der Waals surface area contributed by atoms with Gasteiger partial charge in [0, 0.05) is 12.6 Å². The van der Waals surface area contributed by atoms with Crippen molar-refractivity contribution in [2.45, 2.75) is 52.1 Å². The Morgan fingerprint density at radius 1 is 1.22 bits per heavy atom. The molecule has 0 bridgehead atoms. The highest BCUT2D eigenvalue weighted by Gasteiger charge is 2.12. The Morgan fingerprint density at radius 2 is 1.78 bits per heavy atom. The first-order valence-electron chi connectivity index (χ1n) is 6.63. The Labute approximate surface area is 109 Å². The summed E-state index contributed by atoms with van der Waals surface area (Å²) >= 11 is 0. The molecule has 1 aromatic carbocycles. The molecular weight excluding hydrogens is 226 g/mol. The van der Waals surface area contributed by atoms with Gasteiger partial charge in [-0.3, -0.25) is 4.79 Å². The zero-order valence-corrected chi connectivity index (χ0v) is 11.4. The van der Waals surface area contributed by atoms with Gasteiger partial charge in [-0.25, -0.2) is 0 Å². The molecule has 100 valence electrons. The fraction of sp³-hybridized carbons (Fsp3) is 0.533. The lowest BCUT2D eigenvalue weighted by Crippen LogP contribution is -2.26. The van der Waals surface area contributed by atoms with E-state index in [1.807, 2.05) is 24.3 Å². The molecule has 18 heavy (non-hydrogen) atoms. The summed E-state index contributed by atoms with van der Waals surface area (Å²) in [4.78, 5) is 10.9. The third-order valence-electron chi connectivity index (χ3n) is 3.43. The molecule has 0 aliphatic heterocycles. The summed E-state index contributed by atoms with van der Waals surface area (Å²) in [6, 6.07) is 8.38. The van der Waals surface area contributed by atoms with Gasteiger partial charge >= 0.3 is 5.97 Å². The van der Waals surface area contributed by atoms with E-state index in [0.29, 0.717) is 6.04 Å². The second-order valence-electron chi connectivity index (χ2n) is 4.70. The number of carbonyl (C=O) groups is 1. The van der Waals surface area contributed by atoms with Gasteiger partial charge in [0.1, 0.15) is 0 Å². The Morgan fingerprint density at radius 3 is 2.22 bits per heavy atom. The summed E-state index contributed by atoms with van der Waals surface area (Å²) in [6.07, 6.45) is 2.26. The fourth-order valence-electron chi connectivity index (χ4n) is 1.91. The van der Waals surface area contributed by atoms with Crippen molar-refractivity contribution in [2.24, 2.45) is 0 Å². The van der Waals surface area contributed by atoms with Crippen LogP contribution in [0, 0.1) is 0 Å². The van der Waals surface area contributed by atoms with Crippen LogP contribution >= 0.6 is 0 Å². The summed E-state index contributed by atoms with van der Waals surface area (Å²) in [7, 11) is 0. The molecule has 0 saturated carbocycles. The number of nitrogens with one attached hydrogen (secondary N) is 1. The average Bonchev–Trinajstić information content (AvgIpc) is 2.39. The number of carboxylic acids is 1. The van der Waals surface area contributed by atoms with Crippen LogP contribution in [0.25, 0.3) is 0 Å².